The third-order valence-corrected chi connectivity index (χ3v) is 5.58. The zero-order chi connectivity index (χ0) is 21.7. The lowest BCUT2D eigenvalue weighted by atomic mass is 9.99. The lowest BCUT2D eigenvalue weighted by Gasteiger charge is -2.39. The second-order valence-electron chi connectivity index (χ2n) is 7.11. The summed E-state index contributed by atoms with van der Waals surface area (Å²) >= 11 is 6.11. The number of nitrogens with zero attached hydrogens (tertiary/aromatic N) is 3. The number of rotatable bonds is 7. The Hall–Kier alpha value is -2.97. The van der Waals surface area contributed by atoms with Crippen LogP contribution in [0, 0.1) is 10.1 Å². The van der Waals surface area contributed by atoms with E-state index < -0.39 is 10.9 Å². The zero-order valence-corrected chi connectivity index (χ0v) is 17.0. The monoisotopic (exact) mass is 431 g/mol. The summed E-state index contributed by atoms with van der Waals surface area (Å²) < 4.78 is 0. The molecule has 2 aromatic rings. The smallest absolute Gasteiger partial charge is 0.303 e. The van der Waals surface area contributed by atoms with E-state index in [1.807, 2.05) is 30.3 Å². The Kier molecular flexibility index (Phi) is 7.02. The number of carboxylic acid groups (broad SMARTS) is 1. The number of amides is 1. The van der Waals surface area contributed by atoms with Crippen molar-refractivity contribution in [3.05, 3.63) is 74.8 Å². The predicted octanol–water partition coefficient (Wildman–Crippen LogP) is 3.61. The number of carbonyl (C=O) groups is 2. The Labute approximate surface area is 178 Å². The van der Waals surface area contributed by atoms with Crippen molar-refractivity contribution in [2.45, 2.75) is 18.9 Å². The first-order valence-electron chi connectivity index (χ1n) is 9.61. The Balaban J connectivity index is 1.71. The van der Waals surface area contributed by atoms with E-state index in [0.717, 1.165) is 5.56 Å². The lowest BCUT2D eigenvalue weighted by molar-refractivity contribution is -0.384. The second kappa shape index (κ2) is 9.69. The van der Waals surface area contributed by atoms with Crippen molar-refractivity contribution in [3.8, 4) is 0 Å². The number of nitro groups is 1. The first kappa shape index (κ1) is 21.7. The summed E-state index contributed by atoms with van der Waals surface area (Å²) in [4.78, 5) is 38.2. The molecule has 2 aromatic carbocycles. The van der Waals surface area contributed by atoms with E-state index in [4.69, 9.17) is 16.7 Å². The van der Waals surface area contributed by atoms with Gasteiger partial charge in [0.1, 0.15) is 0 Å². The van der Waals surface area contributed by atoms with Gasteiger partial charge < -0.3 is 10.0 Å². The van der Waals surface area contributed by atoms with Crippen molar-refractivity contribution < 1.29 is 19.6 Å². The molecule has 1 heterocycles. The number of piperazine rings is 1. The van der Waals surface area contributed by atoms with Crippen LogP contribution in [0.2, 0.25) is 5.02 Å². The number of non-ortho nitro benzene ring substituents is 1. The van der Waals surface area contributed by atoms with E-state index in [-0.39, 0.29) is 34.6 Å². The Bertz CT molecular complexity index is 929. The van der Waals surface area contributed by atoms with Gasteiger partial charge in [-0.15, -0.1) is 0 Å². The van der Waals surface area contributed by atoms with E-state index in [2.05, 4.69) is 4.90 Å². The van der Waals surface area contributed by atoms with Crippen LogP contribution in [0.3, 0.4) is 0 Å². The highest BCUT2D eigenvalue weighted by Gasteiger charge is 2.29. The number of benzene rings is 2. The second-order valence-corrected chi connectivity index (χ2v) is 7.52. The summed E-state index contributed by atoms with van der Waals surface area (Å²) in [6.45, 7) is 1.98. The number of carboxylic acids is 1. The number of halogens is 1. The highest BCUT2D eigenvalue weighted by molar-refractivity contribution is 6.33. The zero-order valence-electron chi connectivity index (χ0n) is 16.2. The number of aliphatic carboxylic acids is 1. The van der Waals surface area contributed by atoms with Gasteiger partial charge in [-0.2, -0.15) is 0 Å². The Morgan fingerprint density at radius 2 is 1.77 bits per heavy atom. The maximum atomic E-state index is 12.9. The fourth-order valence-electron chi connectivity index (χ4n) is 3.69. The van der Waals surface area contributed by atoms with E-state index in [9.17, 15) is 19.7 Å². The predicted molar refractivity (Wildman–Crippen MR) is 112 cm³/mol. The van der Waals surface area contributed by atoms with Gasteiger partial charge in [-0.05, 0) is 18.1 Å². The number of carbonyl (C=O) groups excluding carboxylic acids is 1. The fraction of sp³-hybridized carbons (Fsp3) is 0.333. The molecule has 0 radical (unpaired) electrons. The van der Waals surface area contributed by atoms with Crippen LogP contribution in [0.4, 0.5) is 5.69 Å². The molecule has 0 saturated carbocycles. The van der Waals surface area contributed by atoms with Crippen LogP contribution >= 0.6 is 11.6 Å². The molecule has 0 aliphatic carbocycles. The molecule has 0 bridgehead atoms. The molecule has 0 spiro atoms. The van der Waals surface area contributed by atoms with Crippen molar-refractivity contribution in [2.24, 2.45) is 0 Å². The van der Waals surface area contributed by atoms with Crippen LogP contribution in [-0.2, 0) is 4.79 Å². The van der Waals surface area contributed by atoms with Gasteiger partial charge in [0.2, 0.25) is 0 Å². The van der Waals surface area contributed by atoms with Crippen molar-refractivity contribution >= 4 is 29.2 Å². The molecule has 1 amide bonds. The van der Waals surface area contributed by atoms with Crippen LogP contribution < -0.4 is 0 Å². The van der Waals surface area contributed by atoms with Crippen LogP contribution in [0.25, 0.3) is 0 Å². The maximum Gasteiger partial charge on any atom is 0.303 e. The van der Waals surface area contributed by atoms with Crippen LogP contribution in [0.1, 0.15) is 34.8 Å². The van der Waals surface area contributed by atoms with Gasteiger partial charge in [0.25, 0.3) is 11.6 Å². The standard InChI is InChI=1S/C21H22ClN3O5/c22-18-7-6-16(25(29)30)14-17(18)21(28)24-12-10-23(11-13-24)19(8-9-20(26)27)15-4-2-1-3-5-15/h1-7,14,19H,8-13H2,(H,26,27)/t19-/m0/s1. The molecule has 1 fully saturated rings. The maximum absolute atomic E-state index is 12.9. The molecule has 0 aromatic heterocycles. The number of nitro benzene ring substituents is 1. The highest BCUT2D eigenvalue weighted by atomic mass is 35.5. The van der Waals surface area contributed by atoms with Crippen LogP contribution in [0.5, 0.6) is 0 Å². The van der Waals surface area contributed by atoms with Crippen molar-refractivity contribution in [2.75, 3.05) is 26.2 Å². The van der Waals surface area contributed by atoms with Gasteiger partial charge in [-0.25, -0.2) is 0 Å². The Morgan fingerprint density at radius 3 is 2.37 bits per heavy atom. The molecular weight excluding hydrogens is 410 g/mol. The lowest BCUT2D eigenvalue weighted by Crippen LogP contribution is -2.49. The average molecular weight is 432 g/mol. The summed E-state index contributed by atoms with van der Waals surface area (Å²) in [5.41, 5.74) is 0.976. The summed E-state index contributed by atoms with van der Waals surface area (Å²) in [5, 5.41) is 20.3. The van der Waals surface area contributed by atoms with Crippen molar-refractivity contribution in [1.82, 2.24) is 9.80 Å². The van der Waals surface area contributed by atoms with Gasteiger partial charge in [-0.1, -0.05) is 41.9 Å². The van der Waals surface area contributed by atoms with Crippen LogP contribution in [-0.4, -0.2) is 57.9 Å². The molecule has 1 saturated heterocycles. The van der Waals surface area contributed by atoms with Crippen molar-refractivity contribution in [3.63, 3.8) is 0 Å². The minimum Gasteiger partial charge on any atom is -0.481 e. The first-order valence-corrected chi connectivity index (χ1v) is 9.98. The molecule has 8 nitrogen and oxygen atoms in total. The molecular formula is C21H22ClN3O5. The van der Waals surface area contributed by atoms with Gasteiger partial charge in [-0.3, -0.25) is 24.6 Å². The largest absolute Gasteiger partial charge is 0.481 e. The molecule has 1 aliphatic rings. The van der Waals surface area contributed by atoms with E-state index in [1.54, 1.807) is 4.90 Å². The minimum absolute atomic E-state index is 0.0547. The highest BCUT2D eigenvalue weighted by Crippen LogP contribution is 2.28. The molecule has 0 unspecified atom stereocenters. The third-order valence-electron chi connectivity index (χ3n) is 5.25. The topological polar surface area (TPSA) is 104 Å². The van der Waals surface area contributed by atoms with E-state index >= 15 is 0 Å². The first-order chi connectivity index (χ1) is 14.4. The van der Waals surface area contributed by atoms with Gasteiger partial charge >= 0.3 is 5.97 Å². The number of hydrogen-bond acceptors (Lipinski definition) is 5. The Morgan fingerprint density at radius 1 is 1.10 bits per heavy atom. The summed E-state index contributed by atoms with van der Waals surface area (Å²) in [7, 11) is 0. The van der Waals surface area contributed by atoms with Gasteiger partial charge in [0.15, 0.2) is 0 Å². The molecule has 1 atom stereocenters. The molecule has 1 N–H and O–H groups in total. The molecule has 9 heteroatoms. The number of hydrogen-bond donors (Lipinski definition) is 1. The molecule has 1 aliphatic heterocycles. The van der Waals surface area contributed by atoms with Gasteiger partial charge in [0.05, 0.1) is 15.5 Å². The molecule has 158 valence electrons. The summed E-state index contributed by atoms with van der Waals surface area (Å²) in [5.74, 6) is -1.18. The molecule has 3 rings (SSSR count). The van der Waals surface area contributed by atoms with E-state index in [0.29, 0.717) is 32.6 Å². The van der Waals surface area contributed by atoms with Gasteiger partial charge in [0, 0.05) is 50.8 Å². The quantitative estimate of drug-likeness (QED) is 0.530. The fourth-order valence-corrected chi connectivity index (χ4v) is 3.89. The molecule has 30 heavy (non-hydrogen) atoms. The summed E-state index contributed by atoms with van der Waals surface area (Å²) in [6, 6.07) is 13.5. The van der Waals surface area contributed by atoms with E-state index in [1.165, 1.54) is 18.2 Å². The normalized spacial score (nSPS) is 15.6. The van der Waals surface area contributed by atoms with Crippen molar-refractivity contribution in [1.29, 1.82) is 0 Å². The summed E-state index contributed by atoms with van der Waals surface area (Å²) in [6.07, 6.45) is 0.534. The average Bonchev–Trinajstić information content (AvgIpc) is 2.74. The third kappa shape index (κ3) is 5.14. The minimum atomic E-state index is -0.843. The SMILES string of the molecule is O=C(O)CC[C@@H](c1ccccc1)N1CCN(C(=O)c2cc([N+](=O)[O-])ccc2Cl)CC1. The van der Waals surface area contributed by atoms with Crippen LogP contribution in [0.15, 0.2) is 48.5 Å².